The molecular weight excluding hydrogens is 218 g/mol. The molecule has 1 aromatic carbocycles. The minimum absolute atomic E-state index is 0.495. The van der Waals surface area contributed by atoms with Crippen molar-refractivity contribution in [2.75, 3.05) is 7.05 Å². The summed E-state index contributed by atoms with van der Waals surface area (Å²) in [6.45, 7) is 8.19. The second-order valence-electron chi connectivity index (χ2n) is 5.07. The minimum atomic E-state index is 0.495. The Bertz CT molecular complexity index is 348. The average molecular weight is 245 g/mol. The molecule has 0 saturated heterocycles. The van der Waals surface area contributed by atoms with Gasteiger partial charge >= 0.3 is 0 Å². The second kappa shape index (κ2) is 8.10. The Morgan fingerprint density at radius 1 is 1.17 bits per heavy atom. The van der Waals surface area contributed by atoms with Gasteiger partial charge in [0, 0.05) is 6.04 Å². The van der Waals surface area contributed by atoms with Crippen molar-refractivity contribution in [1.29, 1.82) is 0 Å². The predicted molar refractivity (Wildman–Crippen MR) is 81.0 cm³/mol. The monoisotopic (exact) mass is 245 g/mol. The molecule has 18 heavy (non-hydrogen) atoms. The van der Waals surface area contributed by atoms with E-state index in [0.29, 0.717) is 6.04 Å². The molecule has 0 fully saturated rings. The van der Waals surface area contributed by atoms with Crippen LogP contribution in [0.25, 0.3) is 0 Å². The third-order valence-electron chi connectivity index (χ3n) is 3.64. The van der Waals surface area contributed by atoms with Crippen molar-refractivity contribution in [2.45, 2.75) is 52.0 Å². The van der Waals surface area contributed by atoms with Crippen LogP contribution in [0, 0.1) is 13.8 Å². The molecule has 0 amide bonds. The van der Waals surface area contributed by atoms with Crippen LogP contribution in [0.3, 0.4) is 0 Å². The van der Waals surface area contributed by atoms with Crippen molar-refractivity contribution in [3.05, 3.63) is 47.5 Å². The van der Waals surface area contributed by atoms with Crippen LogP contribution >= 0.6 is 0 Å². The summed E-state index contributed by atoms with van der Waals surface area (Å²) in [5.74, 6) is 0. The van der Waals surface area contributed by atoms with Gasteiger partial charge in [-0.05, 0) is 56.8 Å². The minimum Gasteiger partial charge on any atom is -0.313 e. The molecular formula is C17H27N. The third kappa shape index (κ3) is 4.30. The average Bonchev–Trinajstić information content (AvgIpc) is 2.36. The zero-order valence-electron chi connectivity index (χ0n) is 12.1. The number of hydrogen-bond acceptors (Lipinski definition) is 1. The molecule has 1 atom stereocenters. The number of rotatable bonds is 8. The molecule has 1 nitrogen and oxygen atoms in total. The molecule has 1 unspecified atom stereocenters. The molecule has 0 bridgehead atoms. The first-order valence-corrected chi connectivity index (χ1v) is 7.05. The van der Waals surface area contributed by atoms with E-state index in [1.165, 1.54) is 42.4 Å². The molecule has 1 N–H and O–H groups in total. The van der Waals surface area contributed by atoms with E-state index in [1.807, 2.05) is 6.08 Å². The third-order valence-corrected chi connectivity index (χ3v) is 3.64. The topological polar surface area (TPSA) is 12.0 Å². The molecule has 0 saturated carbocycles. The van der Waals surface area contributed by atoms with Crippen LogP contribution in [-0.2, 0) is 0 Å². The van der Waals surface area contributed by atoms with Gasteiger partial charge in [-0.1, -0.05) is 37.1 Å². The smallest absolute Gasteiger partial charge is 0.0322 e. The summed E-state index contributed by atoms with van der Waals surface area (Å²) in [7, 11) is 2.07. The fourth-order valence-corrected chi connectivity index (χ4v) is 2.62. The SMILES string of the molecule is C=CCCCCCC(NC)c1c(C)cccc1C. The highest BCUT2D eigenvalue weighted by molar-refractivity contribution is 5.36. The van der Waals surface area contributed by atoms with Crippen molar-refractivity contribution in [3.8, 4) is 0 Å². The maximum atomic E-state index is 3.77. The van der Waals surface area contributed by atoms with Crippen LogP contribution in [0.1, 0.15) is 54.8 Å². The van der Waals surface area contributed by atoms with E-state index in [4.69, 9.17) is 0 Å². The summed E-state index contributed by atoms with van der Waals surface area (Å²) in [6.07, 6.45) is 8.24. The lowest BCUT2D eigenvalue weighted by molar-refractivity contribution is 0.504. The molecule has 1 aromatic rings. The first-order valence-electron chi connectivity index (χ1n) is 7.05. The Hall–Kier alpha value is -1.08. The quantitative estimate of drug-likeness (QED) is 0.517. The van der Waals surface area contributed by atoms with Crippen LogP contribution in [0.5, 0.6) is 0 Å². The molecule has 0 heterocycles. The molecule has 100 valence electrons. The second-order valence-corrected chi connectivity index (χ2v) is 5.07. The van der Waals surface area contributed by atoms with E-state index in [9.17, 15) is 0 Å². The summed E-state index contributed by atoms with van der Waals surface area (Å²) in [5, 5.41) is 3.47. The summed E-state index contributed by atoms with van der Waals surface area (Å²) in [6, 6.07) is 7.06. The van der Waals surface area contributed by atoms with E-state index >= 15 is 0 Å². The van der Waals surface area contributed by atoms with Gasteiger partial charge < -0.3 is 5.32 Å². The van der Waals surface area contributed by atoms with Crippen molar-refractivity contribution in [3.63, 3.8) is 0 Å². The van der Waals surface area contributed by atoms with Gasteiger partial charge in [0.05, 0.1) is 0 Å². The summed E-state index contributed by atoms with van der Waals surface area (Å²) in [4.78, 5) is 0. The molecule has 0 aliphatic carbocycles. The van der Waals surface area contributed by atoms with E-state index < -0.39 is 0 Å². The van der Waals surface area contributed by atoms with Gasteiger partial charge in [0.2, 0.25) is 0 Å². The van der Waals surface area contributed by atoms with Crippen LogP contribution in [0.4, 0.5) is 0 Å². The van der Waals surface area contributed by atoms with Crippen molar-refractivity contribution >= 4 is 0 Å². The number of unbranched alkanes of at least 4 members (excludes halogenated alkanes) is 3. The summed E-state index contributed by atoms with van der Waals surface area (Å²) < 4.78 is 0. The normalized spacial score (nSPS) is 12.4. The van der Waals surface area contributed by atoms with Gasteiger partial charge in [0.25, 0.3) is 0 Å². The Morgan fingerprint density at radius 2 is 1.83 bits per heavy atom. The van der Waals surface area contributed by atoms with Gasteiger partial charge in [-0.25, -0.2) is 0 Å². The number of allylic oxidation sites excluding steroid dienone is 1. The number of nitrogens with one attached hydrogen (secondary N) is 1. The fraction of sp³-hybridized carbons (Fsp3) is 0.529. The van der Waals surface area contributed by atoms with E-state index in [2.05, 4.69) is 51.0 Å². The van der Waals surface area contributed by atoms with Crippen molar-refractivity contribution in [2.24, 2.45) is 0 Å². The summed E-state index contributed by atoms with van der Waals surface area (Å²) in [5.41, 5.74) is 4.30. The molecule has 0 spiro atoms. The molecule has 1 heteroatoms. The van der Waals surface area contributed by atoms with Crippen LogP contribution < -0.4 is 5.32 Å². The van der Waals surface area contributed by atoms with Gasteiger partial charge in [0.1, 0.15) is 0 Å². The van der Waals surface area contributed by atoms with Crippen LogP contribution in [0.15, 0.2) is 30.9 Å². The zero-order chi connectivity index (χ0) is 13.4. The number of benzene rings is 1. The highest BCUT2D eigenvalue weighted by Gasteiger charge is 2.13. The van der Waals surface area contributed by atoms with Gasteiger partial charge in [-0.2, -0.15) is 0 Å². The Morgan fingerprint density at radius 3 is 2.39 bits per heavy atom. The lowest BCUT2D eigenvalue weighted by Gasteiger charge is -2.21. The van der Waals surface area contributed by atoms with E-state index in [0.717, 1.165) is 6.42 Å². The van der Waals surface area contributed by atoms with Gasteiger partial charge in [-0.3, -0.25) is 0 Å². The predicted octanol–water partition coefficient (Wildman–Crippen LogP) is 4.70. The number of hydrogen-bond donors (Lipinski definition) is 1. The maximum absolute atomic E-state index is 3.77. The molecule has 0 aromatic heterocycles. The fourth-order valence-electron chi connectivity index (χ4n) is 2.62. The molecule has 1 rings (SSSR count). The van der Waals surface area contributed by atoms with Crippen LogP contribution in [-0.4, -0.2) is 7.05 Å². The van der Waals surface area contributed by atoms with Crippen molar-refractivity contribution in [1.82, 2.24) is 5.32 Å². The molecule has 0 aliphatic heterocycles. The highest BCUT2D eigenvalue weighted by atomic mass is 14.9. The van der Waals surface area contributed by atoms with Crippen LogP contribution in [0.2, 0.25) is 0 Å². The maximum Gasteiger partial charge on any atom is 0.0322 e. The van der Waals surface area contributed by atoms with E-state index in [-0.39, 0.29) is 0 Å². The zero-order valence-corrected chi connectivity index (χ0v) is 12.1. The lowest BCUT2D eigenvalue weighted by atomic mass is 9.92. The lowest BCUT2D eigenvalue weighted by Crippen LogP contribution is -2.18. The molecule has 0 radical (unpaired) electrons. The highest BCUT2D eigenvalue weighted by Crippen LogP contribution is 2.26. The van der Waals surface area contributed by atoms with Gasteiger partial charge in [-0.15, -0.1) is 6.58 Å². The largest absolute Gasteiger partial charge is 0.313 e. The van der Waals surface area contributed by atoms with Crippen molar-refractivity contribution < 1.29 is 0 Å². The Kier molecular flexibility index (Phi) is 6.74. The first kappa shape index (κ1) is 15.0. The standard InChI is InChI=1S/C17H27N/c1-5-6-7-8-9-13-16(18-4)17-14(2)11-10-12-15(17)3/h5,10-12,16,18H,1,6-9,13H2,2-4H3. The Labute approximate surface area is 112 Å². The Balaban J connectivity index is 2.57. The van der Waals surface area contributed by atoms with Gasteiger partial charge in [0.15, 0.2) is 0 Å². The molecule has 0 aliphatic rings. The number of aryl methyl sites for hydroxylation is 2. The summed E-state index contributed by atoms with van der Waals surface area (Å²) >= 11 is 0. The first-order chi connectivity index (χ1) is 8.70. The van der Waals surface area contributed by atoms with E-state index in [1.54, 1.807) is 0 Å².